The molecule has 108 valence electrons. The number of alkyl halides is 4. The maximum Gasteiger partial charge on any atom is 0.282 e. The van der Waals surface area contributed by atoms with Gasteiger partial charge in [0.2, 0.25) is 5.91 Å². The smallest absolute Gasteiger partial charge is 0.282 e. The van der Waals surface area contributed by atoms with Crippen LogP contribution in [0.15, 0.2) is 6.07 Å². The molecule has 0 fully saturated rings. The van der Waals surface area contributed by atoms with E-state index in [1.807, 2.05) is 6.92 Å². The first-order chi connectivity index (χ1) is 8.88. The largest absolute Gasteiger partial charge is 0.354 e. The van der Waals surface area contributed by atoms with Crippen molar-refractivity contribution in [1.29, 1.82) is 0 Å². The molecule has 1 heterocycles. The fraction of sp³-hybridized carbons (Fsp3) is 0.636. The quantitative estimate of drug-likeness (QED) is 0.815. The van der Waals surface area contributed by atoms with Gasteiger partial charge in [-0.15, -0.1) is 0 Å². The van der Waals surface area contributed by atoms with Crippen LogP contribution < -0.4 is 5.32 Å². The lowest BCUT2D eigenvalue weighted by molar-refractivity contribution is -0.124. The van der Waals surface area contributed by atoms with Gasteiger partial charge in [-0.1, -0.05) is 6.92 Å². The first-order valence-electron chi connectivity index (χ1n) is 5.81. The Hall–Kier alpha value is -1.60. The Morgan fingerprint density at radius 1 is 1.37 bits per heavy atom. The molecule has 0 saturated carbocycles. The van der Waals surface area contributed by atoms with Gasteiger partial charge in [0, 0.05) is 6.54 Å². The monoisotopic (exact) mass is 281 g/mol. The molecule has 1 atom stereocenters. The summed E-state index contributed by atoms with van der Waals surface area (Å²) in [6.07, 6.45) is -5.24. The van der Waals surface area contributed by atoms with Crippen LogP contribution in [0.3, 0.4) is 0 Å². The van der Waals surface area contributed by atoms with Crippen molar-refractivity contribution >= 4 is 5.91 Å². The zero-order chi connectivity index (χ0) is 14.6. The third-order valence-corrected chi connectivity index (χ3v) is 2.53. The van der Waals surface area contributed by atoms with Crippen molar-refractivity contribution in [2.24, 2.45) is 0 Å². The highest BCUT2D eigenvalue weighted by atomic mass is 19.3. The summed E-state index contributed by atoms with van der Waals surface area (Å²) in [4.78, 5) is 11.7. The molecular formula is C11H15F4N3O. The standard InChI is InChI=1S/C11H15F4N3O/c1-3-4-16-11(19)6(2)18-8(10(14)15)5-7(17-18)9(12)13/h5-6,9-10H,3-4H2,1-2H3,(H,16,19). The van der Waals surface area contributed by atoms with Gasteiger partial charge < -0.3 is 5.32 Å². The van der Waals surface area contributed by atoms with E-state index in [0.29, 0.717) is 23.7 Å². The number of hydrogen-bond donors (Lipinski definition) is 1. The summed E-state index contributed by atoms with van der Waals surface area (Å²) in [6.45, 7) is 3.55. The van der Waals surface area contributed by atoms with Crippen LogP contribution >= 0.6 is 0 Å². The van der Waals surface area contributed by atoms with Crippen molar-refractivity contribution in [2.45, 2.75) is 39.2 Å². The molecule has 0 saturated heterocycles. The summed E-state index contributed by atoms with van der Waals surface area (Å²) in [5.74, 6) is -0.535. The van der Waals surface area contributed by atoms with E-state index in [0.717, 1.165) is 0 Å². The molecule has 19 heavy (non-hydrogen) atoms. The second-order valence-electron chi connectivity index (χ2n) is 4.01. The van der Waals surface area contributed by atoms with Gasteiger partial charge in [-0.05, 0) is 19.4 Å². The summed E-state index contributed by atoms with van der Waals surface area (Å²) in [5, 5.41) is 5.89. The first-order valence-corrected chi connectivity index (χ1v) is 5.81. The van der Waals surface area contributed by atoms with E-state index in [-0.39, 0.29) is 0 Å². The molecule has 4 nitrogen and oxygen atoms in total. The van der Waals surface area contributed by atoms with E-state index in [4.69, 9.17) is 0 Å². The van der Waals surface area contributed by atoms with E-state index in [1.54, 1.807) is 0 Å². The van der Waals surface area contributed by atoms with Gasteiger partial charge in [0.05, 0.1) is 0 Å². The highest BCUT2D eigenvalue weighted by Crippen LogP contribution is 2.27. The van der Waals surface area contributed by atoms with E-state index in [9.17, 15) is 22.4 Å². The highest BCUT2D eigenvalue weighted by molar-refractivity contribution is 5.79. The van der Waals surface area contributed by atoms with Gasteiger partial charge >= 0.3 is 0 Å². The fourth-order valence-electron chi connectivity index (χ4n) is 1.52. The van der Waals surface area contributed by atoms with Crippen molar-refractivity contribution in [3.63, 3.8) is 0 Å². The van der Waals surface area contributed by atoms with Crippen LogP contribution in [0.2, 0.25) is 0 Å². The molecule has 1 amide bonds. The Morgan fingerprint density at radius 2 is 2.00 bits per heavy atom. The average molecular weight is 281 g/mol. The second-order valence-corrected chi connectivity index (χ2v) is 4.01. The molecule has 8 heteroatoms. The van der Waals surface area contributed by atoms with Crippen LogP contribution in [0.4, 0.5) is 17.6 Å². The summed E-state index contributed by atoms with van der Waals surface area (Å²) < 4.78 is 51.1. The maximum atomic E-state index is 12.7. The Labute approximate surface area is 107 Å². The number of carbonyl (C=O) groups is 1. The molecule has 0 aromatic carbocycles. The Morgan fingerprint density at radius 3 is 2.47 bits per heavy atom. The van der Waals surface area contributed by atoms with Gasteiger partial charge in [0.1, 0.15) is 17.4 Å². The summed E-state index contributed by atoms with van der Waals surface area (Å²) >= 11 is 0. The van der Waals surface area contributed by atoms with E-state index >= 15 is 0 Å². The zero-order valence-electron chi connectivity index (χ0n) is 10.5. The van der Waals surface area contributed by atoms with Crippen LogP contribution in [0.5, 0.6) is 0 Å². The van der Waals surface area contributed by atoms with Crippen LogP contribution in [-0.2, 0) is 4.79 Å². The van der Waals surface area contributed by atoms with Crippen LogP contribution in [0.25, 0.3) is 0 Å². The molecule has 1 unspecified atom stereocenters. The normalized spacial score (nSPS) is 13.1. The zero-order valence-corrected chi connectivity index (χ0v) is 10.5. The minimum absolute atomic E-state index is 0.385. The maximum absolute atomic E-state index is 12.7. The van der Waals surface area contributed by atoms with Crippen LogP contribution in [-0.4, -0.2) is 22.2 Å². The Balaban J connectivity index is 3.00. The molecule has 1 rings (SSSR count). The van der Waals surface area contributed by atoms with Gasteiger partial charge in [-0.25, -0.2) is 17.6 Å². The molecule has 0 aliphatic heterocycles. The van der Waals surface area contributed by atoms with E-state index in [2.05, 4.69) is 10.4 Å². The van der Waals surface area contributed by atoms with Crippen molar-refractivity contribution in [1.82, 2.24) is 15.1 Å². The summed E-state index contributed by atoms with van der Waals surface area (Å²) in [6, 6.07) is -0.443. The SMILES string of the molecule is CCCNC(=O)C(C)n1nc(C(F)F)cc1C(F)F. The number of amides is 1. The third kappa shape index (κ3) is 3.68. The van der Waals surface area contributed by atoms with Crippen molar-refractivity contribution in [3.05, 3.63) is 17.5 Å². The molecule has 1 N–H and O–H groups in total. The van der Waals surface area contributed by atoms with Crippen molar-refractivity contribution in [2.75, 3.05) is 6.54 Å². The number of hydrogen-bond acceptors (Lipinski definition) is 2. The lowest BCUT2D eigenvalue weighted by Crippen LogP contribution is -2.32. The molecule has 1 aromatic rings. The Kier molecular flexibility index (Phi) is 5.31. The molecule has 0 spiro atoms. The molecule has 1 aromatic heterocycles. The van der Waals surface area contributed by atoms with E-state index in [1.165, 1.54) is 6.92 Å². The first kappa shape index (κ1) is 15.5. The number of aromatic nitrogens is 2. The van der Waals surface area contributed by atoms with E-state index < -0.39 is 36.2 Å². The minimum atomic E-state index is -2.97. The molecule has 0 aliphatic rings. The fourth-order valence-corrected chi connectivity index (χ4v) is 1.52. The Bertz CT molecular complexity index is 434. The van der Waals surface area contributed by atoms with Gasteiger partial charge in [0.25, 0.3) is 12.9 Å². The van der Waals surface area contributed by atoms with Gasteiger partial charge in [0.15, 0.2) is 0 Å². The summed E-state index contributed by atoms with van der Waals surface area (Å²) in [5.41, 5.74) is -1.44. The van der Waals surface area contributed by atoms with Gasteiger partial charge in [-0.3, -0.25) is 9.48 Å². The second kappa shape index (κ2) is 6.53. The molecule has 0 aliphatic carbocycles. The average Bonchev–Trinajstić information content (AvgIpc) is 2.80. The summed E-state index contributed by atoms with van der Waals surface area (Å²) in [7, 11) is 0. The number of nitrogens with zero attached hydrogens (tertiary/aromatic N) is 2. The lowest BCUT2D eigenvalue weighted by Gasteiger charge is -2.15. The topological polar surface area (TPSA) is 46.9 Å². The third-order valence-electron chi connectivity index (χ3n) is 2.53. The van der Waals surface area contributed by atoms with Gasteiger partial charge in [-0.2, -0.15) is 5.10 Å². The van der Waals surface area contributed by atoms with Crippen molar-refractivity contribution < 1.29 is 22.4 Å². The number of halogens is 4. The minimum Gasteiger partial charge on any atom is -0.354 e. The van der Waals surface area contributed by atoms with Crippen molar-refractivity contribution in [3.8, 4) is 0 Å². The van der Waals surface area contributed by atoms with Crippen LogP contribution in [0.1, 0.15) is 50.5 Å². The predicted octanol–water partition coefficient (Wildman–Crippen LogP) is 2.85. The highest BCUT2D eigenvalue weighted by Gasteiger charge is 2.26. The number of nitrogens with one attached hydrogen (secondary N) is 1. The van der Waals surface area contributed by atoms with Crippen LogP contribution in [0, 0.1) is 0 Å². The molecular weight excluding hydrogens is 266 g/mol. The molecule has 0 bridgehead atoms. The molecule has 0 radical (unpaired) electrons. The lowest BCUT2D eigenvalue weighted by atomic mass is 10.3. The predicted molar refractivity (Wildman–Crippen MR) is 60.2 cm³/mol. The number of carbonyl (C=O) groups excluding carboxylic acids is 1. The number of rotatable bonds is 6.